The smallest absolute Gasteiger partial charge is 0.257 e. The minimum atomic E-state index is 0.486. The van der Waals surface area contributed by atoms with E-state index >= 15 is 0 Å². The summed E-state index contributed by atoms with van der Waals surface area (Å²) >= 11 is 0. The molecule has 5 rings (SSSR count). The van der Waals surface area contributed by atoms with Gasteiger partial charge in [-0.15, -0.1) is 0 Å². The Morgan fingerprint density at radius 1 is 0.889 bits per heavy atom. The van der Waals surface area contributed by atoms with Crippen LogP contribution in [-0.2, 0) is 0 Å². The summed E-state index contributed by atoms with van der Waals surface area (Å²) in [6, 6.07) is 17.9. The van der Waals surface area contributed by atoms with Gasteiger partial charge in [0.05, 0.1) is 5.52 Å². The summed E-state index contributed by atoms with van der Waals surface area (Å²) in [6.07, 6.45) is 3.65. The Morgan fingerprint density at radius 2 is 1.78 bits per heavy atom. The van der Waals surface area contributed by atoms with Gasteiger partial charge in [0.15, 0.2) is 5.82 Å². The monoisotopic (exact) mass is 353 g/mol. The summed E-state index contributed by atoms with van der Waals surface area (Å²) in [5.41, 5.74) is 2.65. The highest BCUT2D eigenvalue weighted by Crippen LogP contribution is 2.32. The van der Waals surface area contributed by atoms with Gasteiger partial charge < -0.3 is 9.84 Å². The fourth-order valence-electron chi connectivity index (χ4n) is 3.15. The Hall–Kier alpha value is -3.80. The van der Waals surface area contributed by atoms with E-state index in [1.807, 2.05) is 60.8 Å². The molecule has 0 unspecified atom stereocenters. The Morgan fingerprint density at radius 3 is 2.59 bits per heavy atom. The zero-order valence-corrected chi connectivity index (χ0v) is 14.5. The van der Waals surface area contributed by atoms with Gasteiger partial charge in [-0.2, -0.15) is 4.98 Å². The van der Waals surface area contributed by atoms with E-state index in [1.54, 1.807) is 13.1 Å². The standard InChI is InChI=1S/C21H15N5O/c1-13-23-21(27-26-13)14-7-8-16-18-12-22-10-9-17(18)20(25-19(16)11-14)24-15-5-3-2-4-6-15/h2-12H,1H3,(H,24,25). The summed E-state index contributed by atoms with van der Waals surface area (Å²) < 4.78 is 5.30. The molecular formula is C21H15N5O. The van der Waals surface area contributed by atoms with Crippen molar-refractivity contribution < 1.29 is 4.52 Å². The summed E-state index contributed by atoms with van der Waals surface area (Å²) in [5.74, 6) is 1.87. The van der Waals surface area contributed by atoms with E-state index in [0.29, 0.717) is 11.7 Å². The maximum absolute atomic E-state index is 5.30. The molecule has 6 nitrogen and oxygen atoms in total. The number of hydrogen-bond acceptors (Lipinski definition) is 6. The lowest BCUT2D eigenvalue weighted by Crippen LogP contribution is -1.96. The maximum Gasteiger partial charge on any atom is 0.257 e. The Kier molecular flexibility index (Phi) is 3.53. The number of hydrogen-bond donors (Lipinski definition) is 1. The third-order valence-electron chi connectivity index (χ3n) is 4.41. The predicted molar refractivity (Wildman–Crippen MR) is 105 cm³/mol. The van der Waals surface area contributed by atoms with E-state index in [9.17, 15) is 0 Å². The minimum absolute atomic E-state index is 0.486. The number of rotatable bonds is 3. The number of fused-ring (bicyclic) bond motifs is 3. The van der Waals surface area contributed by atoms with Crippen LogP contribution in [0, 0.1) is 6.92 Å². The number of pyridine rings is 2. The number of aromatic nitrogens is 4. The van der Waals surface area contributed by atoms with Gasteiger partial charge in [0.25, 0.3) is 5.89 Å². The first-order valence-electron chi connectivity index (χ1n) is 8.58. The molecule has 0 fully saturated rings. The van der Waals surface area contributed by atoms with Crippen LogP contribution in [-0.4, -0.2) is 20.1 Å². The molecule has 0 radical (unpaired) electrons. The Labute approximate surface area is 154 Å². The molecule has 2 aromatic carbocycles. The van der Waals surface area contributed by atoms with E-state index in [0.717, 1.165) is 38.7 Å². The van der Waals surface area contributed by atoms with Crippen LogP contribution >= 0.6 is 0 Å². The lowest BCUT2D eigenvalue weighted by atomic mass is 10.1. The second-order valence-electron chi connectivity index (χ2n) is 6.25. The summed E-state index contributed by atoms with van der Waals surface area (Å²) in [5, 5.41) is 10.4. The van der Waals surface area contributed by atoms with Crippen molar-refractivity contribution in [2.75, 3.05) is 5.32 Å². The number of nitrogens with zero attached hydrogens (tertiary/aromatic N) is 4. The molecule has 0 saturated heterocycles. The molecule has 27 heavy (non-hydrogen) atoms. The summed E-state index contributed by atoms with van der Waals surface area (Å²) in [7, 11) is 0. The predicted octanol–water partition coefficient (Wildman–Crippen LogP) is 4.89. The number of benzene rings is 2. The van der Waals surface area contributed by atoms with Crippen molar-refractivity contribution in [1.82, 2.24) is 20.1 Å². The van der Waals surface area contributed by atoms with Crippen molar-refractivity contribution in [1.29, 1.82) is 0 Å². The molecule has 0 bridgehead atoms. The van der Waals surface area contributed by atoms with Crippen molar-refractivity contribution in [2.24, 2.45) is 0 Å². The third-order valence-corrected chi connectivity index (χ3v) is 4.41. The van der Waals surface area contributed by atoms with Gasteiger partial charge in [0.2, 0.25) is 0 Å². The third kappa shape index (κ3) is 2.77. The first-order chi connectivity index (χ1) is 13.3. The molecule has 0 aliphatic rings. The summed E-state index contributed by atoms with van der Waals surface area (Å²) in [6.45, 7) is 1.80. The van der Waals surface area contributed by atoms with Crippen LogP contribution in [0.15, 0.2) is 71.5 Å². The quantitative estimate of drug-likeness (QED) is 0.466. The molecule has 3 heterocycles. The van der Waals surface area contributed by atoms with Crippen LogP contribution in [0.2, 0.25) is 0 Å². The van der Waals surface area contributed by atoms with Crippen LogP contribution in [0.3, 0.4) is 0 Å². The van der Waals surface area contributed by atoms with Crippen molar-refractivity contribution in [2.45, 2.75) is 6.92 Å². The number of aryl methyl sites for hydroxylation is 1. The van der Waals surface area contributed by atoms with Gasteiger partial charge in [0.1, 0.15) is 5.82 Å². The SMILES string of the molecule is Cc1noc(-c2ccc3c(c2)nc(Nc2ccccc2)c2ccncc23)n1. The van der Waals surface area contributed by atoms with E-state index < -0.39 is 0 Å². The zero-order valence-electron chi connectivity index (χ0n) is 14.5. The highest BCUT2D eigenvalue weighted by Gasteiger charge is 2.12. The van der Waals surface area contributed by atoms with E-state index in [1.165, 1.54) is 0 Å². The average Bonchev–Trinajstić information content (AvgIpc) is 3.15. The first kappa shape index (κ1) is 15.5. The van der Waals surface area contributed by atoms with Gasteiger partial charge in [-0.05, 0) is 37.3 Å². The van der Waals surface area contributed by atoms with Crippen LogP contribution in [0.4, 0.5) is 11.5 Å². The fourth-order valence-corrected chi connectivity index (χ4v) is 3.15. The van der Waals surface area contributed by atoms with Crippen LogP contribution in [0.1, 0.15) is 5.82 Å². The molecular weight excluding hydrogens is 338 g/mol. The Balaban J connectivity index is 1.72. The molecule has 0 aliphatic carbocycles. The molecule has 0 amide bonds. The molecule has 0 aliphatic heterocycles. The molecule has 3 aromatic heterocycles. The second-order valence-corrected chi connectivity index (χ2v) is 6.25. The first-order valence-corrected chi connectivity index (χ1v) is 8.58. The van der Waals surface area contributed by atoms with Crippen molar-refractivity contribution in [3.8, 4) is 11.5 Å². The molecule has 5 aromatic rings. The second kappa shape index (κ2) is 6.17. The number of anilines is 2. The van der Waals surface area contributed by atoms with Gasteiger partial charge in [-0.3, -0.25) is 4.98 Å². The van der Waals surface area contributed by atoms with E-state index in [2.05, 4.69) is 20.4 Å². The van der Waals surface area contributed by atoms with Gasteiger partial charge >= 0.3 is 0 Å². The number of nitrogens with one attached hydrogen (secondary N) is 1. The van der Waals surface area contributed by atoms with Crippen LogP contribution in [0.5, 0.6) is 0 Å². The maximum atomic E-state index is 5.30. The lowest BCUT2D eigenvalue weighted by molar-refractivity contribution is 0.425. The van der Waals surface area contributed by atoms with E-state index in [-0.39, 0.29) is 0 Å². The van der Waals surface area contributed by atoms with Crippen molar-refractivity contribution in [3.05, 3.63) is 72.8 Å². The van der Waals surface area contributed by atoms with Gasteiger partial charge in [0, 0.05) is 39.8 Å². The van der Waals surface area contributed by atoms with Crippen molar-refractivity contribution in [3.63, 3.8) is 0 Å². The molecule has 0 atom stereocenters. The average molecular weight is 353 g/mol. The summed E-state index contributed by atoms with van der Waals surface area (Å²) in [4.78, 5) is 13.5. The topological polar surface area (TPSA) is 76.7 Å². The molecule has 1 N–H and O–H groups in total. The minimum Gasteiger partial charge on any atom is -0.340 e. The highest BCUT2D eigenvalue weighted by atomic mass is 16.5. The molecule has 130 valence electrons. The van der Waals surface area contributed by atoms with E-state index in [4.69, 9.17) is 9.51 Å². The van der Waals surface area contributed by atoms with Gasteiger partial charge in [-0.1, -0.05) is 29.4 Å². The molecule has 0 spiro atoms. The largest absolute Gasteiger partial charge is 0.340 e. The normalized spacial score (nSPS) is 11.1. The lowest BCUT2D eigenvalue weighted by Gasteiger charge is -2.11. The fraction of sp³-hybridized carbons (Fsp3) is 0.0476. The van der Waals surface area contributed by atoms with Crippen LogP contribution in [0.25, 0.3) is 33.1 Å². The number of para-hydroxylation sites is 1. The van der Waals surface area contributed by atoms with Gasteiger partial charge in [-0.25, -0.2) is 4.98 Å². The molecule has 6 heteroatoms. The van der Waals surface area contributed by atoms with Crippen LogP contribution < -0.4 is 5.32 Å². The Bertz CT molecular complexity index is 1260. The molecule has 0 saturated carbocycles. The highest BCUT2D eigenvalue weighted by molar-refractivity contribution is 6.10. The van der Waals surface area contributed by atoms with Crippen molar-refractivity contribution >= 4 is 33.2 Å². The zero-order chi connectivity index (χ0) is 18.2.